The zero-order valence-corrected chi connectivity index (χ0v) is 14.9. The quantitative estimate of drug-likeness (QED) is 0.373. The summed E-state index contributed by atoms with van der Waals surface area (Å²) in [5.41, 5.74) is 0.531. The van der Waals surface area contributed by atoms with Gasteiger partial charge in [-0.2, -0.15) is 0 Å². The van der Waals surface area contributed by atoms with Crippen molar-refractivity contribution in [1.82, 2.24) is 9.55 Å². The lowest BCUT2D eigenvalue weighted by Gasteiger charge is -2.13. The molecule has 0 fully saturated rings. The van der Waals surface area contributed by atoms with Crippen LogP contribution in [0.2, 0.25) is 0 Å². The number of aliphatic hydroxyl groups is 1. The number of aromatic nitrogens is 2. The van der Waals surface area contributed by atoms with Crippen LogP contribution >= 0.6 is 11.8 Å². The Labute approximate surface area is 154 Å². The van der Waals surface area contributed by atoms with Gasteiger partial charge >= 0.3 is 0 Å². The fraction of sp³-hybridized carbons (Fsp3) is 0.263. The van der Waals surface area contributed by atoms with E-state index in [9.17, 15) is 9.18 Å². The third-order valence-electron chi connectivity index (χ3n) is 3.75. The molecule has 0 atom stereocenters. The molecular formula is C19H19FN2O3S. The van der Waals surface area contributed by atoms with Gasteiger partial charge < -0.3 is 9.84 Å². The first-order valence-electron chi connectivity index (χ1n) is 8.30. The summed E-state index contributed by atoms with van der Waals surface area (Å²) in [5.74, 6) is 0.680. The van der Waals surface area contributed by atoms with E-state index in [0.717, 1.165) is 0 Å². The number of ether oxygens (including phenoxy) is 1. The van der Waals surface area contributed by atoms with E-state index >= 15 is 0 Å². The monoisotopic (exact) mass is 374 g/mol. The van der Waals surface area contributed by atoms with Gasteiger partial charge in [-0.05, 0) is 30.7 Å². The van der Waals surface area contributed by atoms with Gasteiger partial charge in [0, 0.05) is 25.0 Å². The molecule has 0 saturated carbocycles. The lowest BCUT2D eigenvalue weighted by molar-refractivity contribution is 0.276. The van der Waals surface area contributed by atoms with Gasteiger partial charge in [0.15, 0.2) is 5.16 Å². The van der Waals surface area contributed by atoms with Gasteiger partial charge in [0.05, 0.1) is 17.5 Å². The molecule has 1 N–H and O–H groups in total. The van der Waals surface area contributed by atoms with E-state index in [4.69, 9.17) is 9.84 Å². The molecular weight excluding hydrogens is 355 g/mol. The average Bonchev–Trinajstić information content (AvgIpc) is 2.65. The van der Waals surface area contributed by atoms with Crippen LogP contribution in [0.25, 0.3) is 10.9 Å². The minimum Gasteiger partial charge on any atom is -0.493 e. The molecule has 1 aromatic heterocycles. The van der Waals surface area contributed by atoms with Crippen LogP contribution in [-0.4, -0.2) is 33.6 Å². The molecule has 136 valence electrons. The molecule has 0 spiro atoms. The number of aliphatic hydroxyl groups excluding tert-OH is 1. The van der Waals surface area contributed by atoms with Crippen molar-refractivity contribution in [3.05, 3.63) is 64.7 Å². The van der Waals surface area contributed by atoms with Crippen molar-refractivity contribution in [2.24, 2.45) is 0 Å². The van der Waals surface area contributed by atoms with Gasteiger partial charge in [-0.1, -0.05) is 30.0 Å². The van der Waals surface area contributed by atoms with Crippen molar-refractivity contribution in [1.29, 1.82) is 0 Å². The summed E-state index contributed by atoms with van der Waals surface area (Å²) in [7, 11) is 0. The van der Waals surface area contributed by atoms with Crippen LogP contribution in [0.5, 0.6) is 5.75 Å². The summed E-state index contributed by atoms with van der Waals surface area (Å²) in [4.78, 5) is 17.3. The highest BCUT2D eigenvalue weighted by molar-refractivity contribution is 7.99. The van der Waals surface area contributed by atoms with Crippen LogP contribution in [0.4, 0.5) is 4.39 Å². The molecule has 0 unspecified atom stereocenters. The topological polar surface area (TPSA) is 64.3 Å². The summed E-state index contributed by atoms with van der Waals surface area (Å²) < 4.78 is 20.3. The Balaban J connectivity index is 1.74. The second kappa shape index (κ2) is 8.82. The molecule has 0 radical (unpaired) electrons. The Morgan fingerprint density at radius 1 is 1.19 bits per heavy atom. The van der Waals surface area contributed by atoms with Gasteiger partial charge in [0.25, 0.3) is 5.56 Å². The number of nitrogens with zero attached hydrogens (tertiary/aromatic N) is 2. The Morgan fingerprint density at radius 3 is 2.85 bits per heavy atom. The average molecular weight is 374 g/mol. The maximum atomic E-state index is 13.2. The largest absolute Gasteiger partial charge is 0.493 e. The zero-order chi connectivity index (χ0) is 18.4. The SMILES string of the molecule is O=c1c2ccccc2nc(SCCOc2cccc(F)c2)n1CCCO. The number of hydrogen-bond acceptors (Lipinski definition) is 5. The molecule has 1 heterocycles. The predicted octanol–water partition coefficient (Wildman–Crippen LogP) is 3.09. The van der Waals surface area contributed by atoms with E-state index in [-0.39, 0.29) is 18.0 Å². The van der Waals surface area contributed by atoms with Crippen molar-refractivity contribution < 1.29 is 14.2 Å². The molecule has 0 amide bonds. The molecule has 5 nitrogen and oxygen atoms in total. The number of thioether (sulfide) groups is 1. The zero-order valence-electron chi connectivity index (χ0n) is 14.1. The normalized spacial score (nSPS) is 11.0. The Hall–Kier alpha value is -2.38. The summed E-state index contributed by atoms with van der Waals surface area (Å²) in [6.45, 7) is 0.767. The number of benzene rings is 2. The fourth-order valence-corrected chi connectivity index (χ4v) is 3.38. The molecule has 0 aliphatic heterocycles. The van der Waals surface area contributed by atoms with Crippen molar-refractivity contribution >= 4 is 22.7 Å². The highest BCUT2D eigenvalue weighted by Gasteiger charge is 2.11. The Bertz CT molecular complexity index is 945. The van der Waals surface area contributed by atoms with Crippen LogP contribution in [0, 0.1) is 5.82 Å². The molecule has 3 rings (SSSR count). The number of para-hydroxylation sites is 1. The van der Waals surface area contributed by atoms with Crippen LogP contribution in [-0.2, 0) is 6.54 Å². The van der Waals surface area contributed by atoms with Gasteiger partial charge in [-0.3, -0.25) is 9.36 Å². The van der Waals surface area contributed by atoms with E-state index in [1.807, 2.05) is 6.07 Å². The highest BCUT2D eigenvalue weighted by Crippen LogP contribution is 2.19. The molecule has 2 aromatic carbocycles. The van der Waals surface area contributed by atoms with Crippen molar-refractivity contribution in [2.45, 2.75) is 18.1 Å². The third kappa shape index (κ3) is 4.42. The van der Waals surface area contributed by atoms with E-state index in [1.165, 1.54) is 23.9 Å². The highest BCUT2D eigenvalue weighted by atomic mass is 32.2. The molecule has 0 aliphatic carbocycles. The van der Waals surface area contributed by atoms with Gasteiger partial charge in [0.1, 0.15) is 11.6 Å². The Kier molecular flexibility index (Phi) is 6.25. The summed E-state index contributed by atoms with van der Waals surface area (Å²) >= 11 is 1.40. The lowest BCUT2D eigenvalue weighted by Crippen LogP contribution is -2.24. The molecule has 0 aliphatic rings. The van der Waals surface area contributed by atoms with Gasteiger partial charge in [0.2, 0.25) is 0 Å². The molecule has 0 saturated heterocycles. The molecule has 0 bridgehead atoms. The second-order valence-electron chi connectivity index (χ2n) is 5.60. The van der Waals surface area contributed by atoms with Gasteiger partial charge in [-0.15, -0.1) is 0 Å². The van der Waals surface area contributed by atoms with E-state index < -0.39 is 0 Å². The van der Waals surface area contributed by atoms with Gasteiger partial charge in [-0.25, -0.2) is 9.37 Å². The van der Waals surface area contributed by atoms with E-state index in [1.54, 1.807) is 34.9 Å². The molecule has 7 heteroatoms. The summed E-state index contributed by atoms with van der Waals surface area (Å²) in [6, 6.07) is 13.2. The number of hydrogen-bond donors (Lipinski definition) is 1. The fourth-order valence-electron chi connectivity index (χ4n) is 2.53. The van der Waals surface area contributed by atoms with Crippen molar-refractivity contribution in [3.8, 4) is 5.75 Å². The minimum absolute atomic E-state index is 0.00601. The first kappa shape index (κ1) is 18.4. The van der Waals surface area contributed by atoms with E-state index in [0.29, 0.717) is 47.1 Å². The van der Waals surface area contributed by atoms with E-state index in [2.05, 4.69) is 4.98 Å². The van der Waals surface area contributed by atoms with Crippen LogP contribution in [0.1, 0.15) is 6.42 Å². The van der Waals surface area contributed by atoms with Crippen LogP contribution in [0.3, 0.4) is 0 Å². The standard InChI is InChI=1S/C19H19FN2O3S/c20-14-5-3-6-15(13-14)25-11-12-26-19-21-17-8-2-1-7-16(17)18(24)22(19)9-4-10-23/h1-3,5-8,13,23H,4,9-12H2. The predicted molar refractivity (Wildman–Crippen MR) is 100 cm³/mol. The third-order valence-corrected chi connectivity index (χ3v) is 4.69. The Morgan fingerprint density at radius 2 is 2.04 bits per heavy atom. The number of fused-ring (bicyclic) bond motifs is 1. The molecule has 26 heavy (non-hydrogen) atoms. The lowest BCUT2D eigenvalue weighted by atomic mass is 10.2. The first-order chi connectivity index (χ1) is 12.7. The second-order valence-corrected chi connectivity index (χ2v) is 6.66. The first-order valence-corrected chi connectivity index (χ1v) is 9.29. The molecule has 3 aromatic rings. The maximum absolute atomic E-state index is 13.2. The number of halogens is 1. The number of rotatable bonds is 8. The summed E-state index contributed by atoms with van der Waals surface area (Å²) in [6.07, 6.45) is 0.479. The van der Waals surface area contributed by atoms with Crippen molar-refractivity contribution in [3.63, 3.8) is 0 Å². The maximum Gasteiger partial charge on any atom is 0.262 e. The van der Waals surface area contributed by atoms with Crippen LogP contribution in [0.15, 0.2) is 58.5 Å². The van der Waals surface area contributed by atoms with Crippen LogP contribution < -0.4 is 10.3 Å². The smallest absolute Gasteiger partial charge is 0.262 e. The minimum atomic E-state index is -0.343. The summed E-state index contributed by atoms with van der Waals surface area (Å²) in [5, 5.41) is 10.2. The van der Waals surface area contributed by atoms with Crippen molar-refractivity contribution in [2.75, 3.05) is 19.0 Å².